The summed E-state index contributed by atoms with van der Waals surface area (Å²) in [5.41, 5.74) is 5.43. The Hall–Kier alpha value is -3.63. The molecule has 0 saturated heterocycles. The van der Waals surface area contributed by atoms with Crippen LogP contribution in [-0.4, -0.2) is 48.1 Å². The molecule has 4 aromatic heterocycles. The van der Waals surface area contributed by atoms with E-state index in [1.807, 2.05) is 18.2 Å². The van der Waals surface area contributed by atoms with E-state index in [-0.39, 0.29) is 11.4 Å². The number of rotatable bonds is 5. The molecule has 1 aliphatic heterocycles. The van der Waals surface area contributed by atoms with Gasteiger partial charge in [0.25, 0.3) is 0 Å². The highest BCUT2D eigenvalue weighted by molar-refractivity contribution is 7.25. The Bertz CT molecular complexity index is 1590. The molecule has 5 aromatic rings. The van der Waals surface area contributed by atoms with Gasteiger partial charge in [0.1, 0.15) is 10.6 Å². The third kappa shape index (κ3) is 3.64. The highest BCUT2D eigenvalue weighted by atomic mass is 32.1. The summed E-state index contributed by atoms with van der Waals surface area (Å²) in [6.45, 7) is 5.18. The van der Waals surface area contributed by atoms with Crippen LogP contribution >= 0.6 is 11.3 Å². The first kappa shape index (κ1) is 20.9. The van der Waals surface area contributed by atoms with Gasteiger partial charge in [-0.15, -0.1) is 11.3 Å². The number of H-pyrrole nitrogens is 1. The van der Waals surface area contributed by atoms with Crippen molar-refractivity contribution < 1.29 is 14.6 Å². The number of hydrogen-bond donors (Lipinski definition) is 3. The van der Waals surface area contributed by atoms with Crippen molar-refractivity contribution in [3.8, 4) is 0 Å². The molecule has 172 valence electrons. The molecular weight excluding hydrogens is 452 g/mol. The van der Waals surface area contributed by atoms with Crippen LogP contribution in [0.2, 0.25) is 0 Å². The number of imidazole rings is 1. The number of carboxylic acid groups (broad SMARTS) is 1. The minimum Gasteiger partial charge on any atom is -0.475 e. The second kappa shape index (κ2) is 7.71. The van der Waals surface area contributed by atoms with E-state index in [2.05, 4.69) is 45.2 Å². The summed E-state index contributed by atoms with van der Waals surface area (Å²) in [7, 11) is 0. The first-order chi connectivity index (χ1) is 16.4. The maximum atomic E-state index is 11.8. The second-order valence-electron chi connectivity index (χ2n) is 9.08. The fraction of sp³-hybridized carbons (Fsp3) is 0.292. The molecule has 5 heterocycles. The molecule has 0 fully saturated rings. The molecule has 6 rings (SSSR count). The van der Waals surface area contributed by atoms with Crippen molar-refractivity contribution in [2.45, 2.75) is 38.9 Å². The third-order valence-electron chi connectivity index (χ3n) is 6.07. The summed E-state index contributed by atoms with van der Waals surface area (Å²) in [5.74, 6) is -0.882. The molecule has 0 unspecified atom stereocenters. The van der Waals surface area contributed by atoms with E-state index in [9.17, 15) is 9.90 Å². The Balaban J connectivity index is 1.36. The predicted octanol–water partition coefficient (Wildman–Crippen LogP) is 4.32. The number of aromatic nitrogens is 5. The van der Waals surface area contributed by atoms with Crippen LogP contribution in [-0.2, 0) is 24.2 Å². The maximum Gasteiger partial charge on any atom is 0.374 e. The van der Waals surface area contributed by atoms with Crippen LogP contribution < -0.4 is 5.32 Å². The monoisotopic (exact) mass is 474 g/mol. The third-order valence-corrected chi connectivity index (χ3v) is 7.17. The zero-order chi connectivity index (χ0) is 23.4. The van der Waals surface area contributed by atoms with Crippen molar-refractivity contribution in [2.75, 3.05) is 11.9 Å². The maximum absolute atomic E-state index is 11.8. The van der Waals surface area contributed by atoms with E-state index in [1.54, 1.807) is 6.33 Å². The Morgan fingerprint density at radius 1 is 1.26 bits per heavy atom. The number of fused-ring (bicyclic) bond motifs is 5. The summed E-state index contributed by atoms with van der Waals surface area (Å²) >= 11 is 1.48. The van der Waals surface area contributed by atoms with Crippen LogP contribution in [0.3, 0.4) is 0 Å². The summed E-state index contributed by atoms with van der Waals surface area (Å²) in [6.07, 6.45) is 3.14. The number of pyridine rings is 1. The van der Waals surface area contributed by atoms with Crippen LogP contribution in [0.1, 0.15) is 41.3 Å². The number of aromatic carboxylic acids is 1. The van der Waals surface area contributed by atoms with Gasteiger partial charge in [0.2, 0.25) is 5.82 Å². The number of aromatic amines is 1. The SMILES string of the molecule is CC1(C)Cc2nc3sc4c(NCCc5ccc6[nH]cnc6c5)nc(C(=O)O)nc4c3cc2CO1. The zero-order valence-corrected chi connectivity index (χ0v) is 19.5. The minimum absolute atomic E-state index is 0.234. The summed E-state index contributed by atoms with van der Waals surface area (Å²) in [4.78, 5) is 33.6. The van der Waals surface area contributed by atoms with Gasteiger partial charge >= 0.3 is 5.97 Å². The van der Waals surface area contributed by atoms with E-state index >= 15 is 0 Å². The highest BCUT2D eigenvalue weighted by Crippen LogP contribution is 2.38. The van der Waals surface area contributed by atoms with Gasteiger partial charge in [-0.2, -0.15) is 0 Å². The van der Waals surface area contributed by atoms with Crippen LogP contribution in [0.25, 0.3) is 31.5 Å². The molecule has 3 N–H and O–H groups in total. The Morgan fingerprint density at radius 2 is 2.15 bits per heavy atom. The fourth-order valence-electron chi connectivity index (χ4n) is 4.33. The van der Waals surface area contributed by atoms with Gasteiger partial charge < -0.3 is 20.1 Å². The molecule has 0 aliphatic carbocycles. The van der Waals surface area contributed by atoms with Crippen molar-refractivity contribution in [3.63, 3.8) is 0 Å². The molecule has 0 spiro atoms. The number of nitrogens with zero attached hydrogens (tertiary/aromatic N) is 4. The van der Waals surface area contributed by atoms with Crippen LogP contribution in [0.4, 0.5) is 5.82 Å². The van der Waals surface area contributed by atoms with Crippen molar-refractivity contribution in [1.82, 2.24) is 24.9 Å². The van der Waals surface area contributed by atoms with Crippen LogP contribution in [0.5, 0.6) is 0 Å². The number of carboxylic acids is 1. The average molecular weight is 475 g/mol. The molecule has 1 aliphatic rings. The lowest BCUT2D eigenvalue weighted by Gasteiger charge is -2.30. The normalized spacial score (nSPS) is 15.1. The van der Waals surface area contributed by atoms with Crippen molar-refractivity contribution in [1.29, 1.82) is 0 Å². The molecule has 0 atom stereocenters. The Morgan fingerprint density at radius 3 is 3.00 bits per heavy atom. The number of ether oxygens (including phenoxy) is 1. The lowest BCUT2D eigenvalue weighted by Crippen LogP contribution is -2.32. The molecule has 0 radical (unpaired) electrons. The number of thiophene rings is 1. The standard InChI is InChI=1S/C24H22N6O3S/c1-24(2)9-17-13(10-33-24)8-14-18-19(34-22(14)28-17)20(30-21(29-18)23(31)32)25-6-5-12-3-4-15-16(7-12)27-11-26-15/h3-4,7-8,11H,5-6,9-10H2,1-2H3,(H,26,27)(H,31,32)(H,25,29,30). The quantitative estimate of drug-likeness (QED) is 0.344. The zero-order valence-electron chi connectivity index (χ0n) is 18.7. The molecule has 9 nitrogen and oxygen atoms in total. The summed E-state index contributed by atoms with van der Waals surface area (Å²) in [5, 5.41) is 13.8. The molecular formula is C24H22N6O3S. The number of benzene rings is 1. The van der Waals surface area contributed by atoms with Gasteiger partial charge in [0, 0.05) is 23.9 Å². The van der Waals surface area contributed by atoms with Crippen molar-refractivity contribution >= 4 is 54.6 Å². The smallest absolute Gasteiger partial charge is 0.374 e. The van der Waals surface area contributed by atoms with E-state index < -0.39 is 5.97 Å². The van der Waals surface area contributed by atoms with E-state index in [1.165, 1.54) is 11.3 Å². The summed E-state index contributed by atoms with van der Waals surface area (Å²) in [6, 6.07) is 8.14. The second-order valence-corrected chi connectivity index (χ2v) is 10.1. The number of carbonyl (C=O) groups is 1. The number of anilines is 1. The summed E-state index contributed by atoms with van der Waals surface area (Å²) < 4.78 is 6.75. The van der Waals surface area contributed by atoms with Gasteiger partial charge in [-0.3, -0.25) is 0 Å². The predicted molar refractivity (Wildman–Crippen MR) is 131 cm³/mol. The largest absolute Gasteiger partial charge is 0.475 e. The topological polar surface area (TPSA) is 126 Å². The van der Waals surface area contributed by atoms with Gasteiger partial charge in [-0.05, 0) is 44.0 Å². The van der Waals surface area contributed by atoms with Crippen molar-refractivity contribution in [3.05, 3.63) is 53.2 Å². The van der Waals surface area contributed by atoms with Gasteiger partial charge in [0.05, 0.1) is 45.5 Å². The van der Waals surface area contributed by atoms with Crippen molar-refractivity contribution in [2.24, 2.45) is 0 Å². The lowest BCUT2D eigenvalue weighted by atomic mass is 9.95. The Kier molecular flexibility index (Phi) is 4.75. The highest BCUT2D eigenvalue weighted by Gasteiger charge is 2.28. The lowest BCUT2D eigenvalue weighted by molar-refractivity contribution is -0.0411. The fourth-order valence-corrected chi connectivity index (χ4v) is 5.41. The average Bonchev–Trinajstić information content (AvgIpc) is 3.40. The van der Waals surface area contributed by atoms with E-state index in [0.717, 1.165) is 55.6 Å². The first-order valence-corrected chi connectivity index (χ1v) is 11.8. The first-order valence-electron chi connectivity index (χ1n) is 11.0. The Labute approximate surface area is 198 Å². The van der Waals surface area contributed by atoms with Crippen LogP contribution in [0, 0.1) is 0 Å². The number of nitrogens with one attached hydrogen (secondary N) is 2. The van der Waals surface area contributed by atoms with Gasteiger partial charge in [0.15, 0.2) is 0 Å². The van der Waals surface area contributed by atoms with Gasteiger partial charge in [-0.25, -0.2) is 24.7 Å². The van der Waals surface area contributed by atoms with Crippen LogP contribution in [0.15, 0.2) is 30.6 Å². The number of hydrogen-bond acceptors (Lipinski definition) is 8. The molecule has 0 bridgehead atoms. The van der Waals surface area contributed by atoms with Gasteiger partial charge in [-0.1, -0.05) is 6.07 Å². The molecule has 1 aromatic carbocycles. The van der Waals surface area contributed by atoms with E-state index in [0.29, 0.717) is 24.5 Å². The molecule has 10 heteroatoms. The minimum atomic E-state index is -1.16. The molecule has 34 heavy (non-hydrogen) atoms. The van der Waals surface area contributed by atoms with E-state index in [4.69, 9.17) is 9.72 Å². The molecule has 0 amide bonds. The molecule has 0 saturated carbocycles.